The maximum Gasteiger partial charge on any atom is 0.412 e. The first-order chi connectivity index (χ1) is 17.1. The summed E-state index contributed by atoms with van der Waals surface area (Å²) in [5, 5.41) is 16.9. The second-order valence-electron chi connectivity index (χ2n) is 10.9. The van der Waals surface area contributed by atoms with Crippen molar-refractivity contribution >= 4 is 33.4 Å². The van der Waals surface area contributed by atoms with Crippen molar-refractivity contribution in [2.75, 3.05) is 30.7 Å². The Morgan fingerprint density at radius 2 is 1.92 bits per heavy atom. The number of nitrogens with one attached hydrogen (secondary N) is 1. The number of benzene rings is 2. The zero-order valence-electron chi connectivity index (χ0n) is 22.6. The molecule has 204 valence electrons. The highest BCUT2D eigenvalue weighted by Gasteiger charge is 2.68. The van der Waals surface area contributed by atoms with Gasteiger partial charge in [0.2, 0.25) is 0 Å². The number of methoxy groups -OCH3 is 1. The van der Waals surface area contributed by atoms with Gasteiger partial charge in [-0.2, -0.15) is 0 Å². The molecule has 0 bridgehead atoms. The van der Waals surface area contributed by atoms with Crippen LogP contribution in [0.4, 0.5) is 10.5 Å². The van der Waals surface area contributed by atoms with Gasteiger partial charge in [0.15, 0.2) is 0 Å². The van der Waals surface area contributed by atoms with Gasteiger partial charge in [0.25, 0.3) is 0 Å². The van der Waals surface area contributed by atoms with Crippen LogP contribution in [0.3, 0.4) is 0 Å². The van der Waals surface area contributed by atoms with Gasteiger partial charge in [-0.3, -0.25) is 5.32 Å². The summed E-state index contributed by atoms with van der Waals surface area (Å²) in [7, 11) is 1.66. The molecular formula is C29H40INO5S. The molecule has 2 N–H and O–H groups in total. The Kier molecular flexibility index (Phi) is 9.99. The monoisotopic (exact) mass is 641 g/mol. The molecule has 0 aromatic heterocycles. The molecule has 1 heterocycles. The molecule has 2 aliphatic rings. The summed E-state index contributed by atoms with van der Waals surface area (Å²) in [6.45, 7) is 6.22. The van der Waals surface area contributed by atoms with E-state index in [0.717, 1.165) is 17.2 Å². The first kappa shape index (κ1) is 30.2. The molecule has 1 saturated carbocycles. The molecule has 37 heavy (non-hydrogen) atoms. The van der Waals surface area contributed by atoms with Crippen molar-refractivity contribution in [3.8, 4) is 0 Å². The third-order valence-corrected chi connectivity index (χ3v) is 8.64. The number of fused-ring (bicyclic) bond motifs is 1. The van der Waals surface area contributed by atoms with Crippen LogP contribution in [0.1, 0.15) is 40.0 Å². The number of hydrogen-bond donors (Lipinski definition) is 2. The standard InChI is InChI=1S/C29H39NO5S.HI/c1-19(2)14-15-24-28(3,35-24)26-25(33-4)23(16-17-29(26,32)18-36(5)6)34-27(31)30-22-13-9-11-20-10-7-8-12-21(20)22;/h7-14,23-26,32H,15-18H2,1-6H3;1H. The molecule has 1 saturated heterocycles. The van der Waals surface area contributed by atoms with Gasteiger partial charge < -0.3 is 43.3 Å². The third kappa shape index (κ3) is 6.64. The fraction of sp³-hybridized carbons (Fsp3) is 0.552. The number of amides is 1. The van der Waals surface area contributed by atoms with Gasteiger partial charge in [-0.1, -0.05) is 48.0 Å². The lowest BCUT2D eigenvalue weighted by Gasteiger charge is -2.47. The zero-order valence-corrected chi connectivity index (χ0v) is 25.6. The molecule has 2 aromatic carbocycles. The number of carbonyl (C=O) groups is 1. The quantitative estimate of drug-likeness (QED) is 0.200. The molecule has 1 amide bonds. The van der Waals surface area contributed by atoms with Gasteiger partial charge in [-0.05, 0) is 62.4 Å². The van der Waals surface area contributed by atoms with Crippen LogP contribution < -0.4 is 29.3 Å². The smallest absolute Gasteiger partial charge is 0.412 e. The summed E-state index contributed by atoms with van der Waals surface area (Å²) in [5.41, 5.74) is 0.448. The summed E-state index contributed by atoms with van der Waals surface area (Å²) in [5.74, 6) is 0.352. The molecule has 0 spiro atoms. The van der Waals surface area contributed by atoms with E-state index in [0.29, 0.717) is 24.3 Å². The molecule has 6 unspecified atom stereocenters. The third-order valence-electron chi connectivity index (χ3n) is 7.57. The van der Waals surface area contributed by atoms with Crippen molar-refractivity contribution in [1.29, 1.82) is 0 Å². The highest BCUT2D eigenvalue weighted by molar-refractivity contribution is 7.95. The normalized spacial score (nSPS) is 30.9. The maximum absolute atomic E-state index is 13.0. The van der Waals surface area contributed by atoms with Crippen LogP contribution in [0.5, 0.6) is 0 Å². The van der Waals surface area contributed by atoms with Gasteiger partial charge in [0, 0.05) is 12.5 Å². The Bertz CT molecular complexity index is 1120. The summed E-state index contributed by atoms with van der Waals surface area (Å²) >= 11 is 0. The van der Waals surface area contributed by atoms with Crippen LogP contribution in [0.2, 0.25) is 0 Å². The average Bonchev–Trinajstić information content (AvgIpc) is 3.48. The van der Waals surface area contributed by atoms with Crippen molar-refractivity contribution in [1.82, 2.24) is 0 Å². The largest absolute Gasteiger partial charge is 1.00 e. The highest BCUT2D eigenvalue weighted by atomic mass is 127. The minimum atomic E-state index is -0.951. The number of anilines is 1. The predicted molar refractivity (Wildman–Crippen MR) is 148 cm³/mol. The van der Waals surface area contributed by atoms with E-state index in [9.17, 15) is 9.90 Å². The number of allylic oxidation sites excluding steroid dienone is 1. The molecule has 8 heteroatoms. The van der Waals surface area contributed by atoms with Gasteiger partial charge >= 0.3 is 6.09 Å². The minimum absolute atomic E-state index is 0. The average molecular weight is 642 g/mol. The number of epoxide rings is 1. The Morgan fingerprint density at radius 1 is 1.22 bits per heavy atom. The molecule has 2 aromatic rings. The van der Waals surface area contributed by atoms with E-state index >= 15 is 0 Å². The second kappa shape index (κ2) is 12.2. The molecule has 0 radical (unpaired) electrons. The van der Waals surface area contributed by atoms with Crippen molar-refractivity contribution in [2.24, 2.45) is 5.92 Å². The van der Waals surface area contributed by atoms with Crippen LogP contribution in [0, 0.1) is 5.92 Å². The summed E-state index contributed by atoms with van der Waals surface area (Å²) in [6, 6.07) is 13.7. The summed E-state index contributed by atoms with van der Waals surface area (Å²) < 4.78 is 18.2. The Hall–Kier alpha value is -1.33. The van der Waals surface area contributed by atoms with E-state index in [1.54, 1.807) is 7.11 Å². The van der Waals surface area contributed by atoms with E-state index < -0.39 is 29.5 Å². The molecule has 6 atom stereocenters. The summed E-state index contributed by atoms with van der Waals surface area (Å²) in [6.07, 6.45) is 6.83. The van der Waals surface area contributed by atoms with Crippen molar-refractivity contribution in [2.45, 2.75) is 69.5 Å². The fourth-order valence-electron chi connectivity index (χ4n) is 5.95. The fourth-order valence-corrected chi connectivity index (χ4v) is 7.27. The maximum atomic E-state index is 13.0. The van der Waals surface area contributed by atoms with Crippen LogP contribution >= 0.6 is 0 Å². The van der Waals surface area contributed by atoms with Crippen molar-refractivity contribution in [3.63, 3.8) is 0 Å². The lowest BCUT2D eigenvalue weighted by Crippen LogP contribution is -3.00. The van der Waals surface area contributed by atoms with Gasteiger partial charge in [-0.25, -0.2) is 4.79 Å². The number of aliphatic hydroxyl groups is 1. The minimum Gasteiger partial charge on any atom is -1.00 e. The van der Waals surface area contributed by atoms with Gasteiger partial charge in [-0.15, -0.1) is 0 Å². The summed E-state index contributed by atoms with van der Waals surface area (Å²) in [4.78, 5) is 13.0. The molecule has 1 aliphatic carbocycles. The van der Waals surface area contributed by atoms with Crippen LogP contribution in [0.15, 0.2) is 54.1 Å². The Balaban J connectivity index is 0.00000380. The topological polar surface area (TPSA) is 80.3 Å². The number of rotatable bonds is 8. The van der Waals surface area contributed by atoms with Crippen molar-refractivity contribution < 1.29 is 48.1 Å². The molecule has 2 fully saturated rings. The lowest BCUT2D eigenvalue weighted by atomic mass is 9.66. The highest BCUT2D eigenvalue weighted by Crippen LogP contribution is 2.55. The van der Waals surface area contributed by atoms with E-state index in [2.05, 4.69) is 44.7 Å². The van der Waals surface area contributed by atoms with Crippen LogP contribution in [-0.4, -0.2) is 66.1 Å². The second-order valence-corrected chi connectivity index (χ2v) is 13.1. The first-order valence-electron chi connectivity index (χ1n) is 12.6. The first-order valence-corrected chi connectivity index (χ1v) is 14.8. The molecular weight excluding hydrogens is 601 g/mol. The zero-order chi connectivity index (χ0) is 26.1. The van der Waals surface area contributed by atoms with E-state index in [1.165, 1.54) is 5.57 Å². The number of halogens is 1. The van der Waals surface area contributed by atoms with Gasteiger partial charge in [0.05, 0.1) is 30.2 Å². The molecule has 1 aliphatic heterocycles. The predicted octanol–water partition coefficient (Wildman–Crippen LogP) is 2.31. The number of ether oxygens (including phenoxy) is 3. The van der Waals surface area contributed by atoms with Crippen LogP contribution in [0.25, 0.3) is 10.8 Å². The Morgan fingerprint density at radius 3 is 2.59 bits per heavy atom. The molecule has 6 nitrogen and oxygen atoms in total. The van der Waals surface area contributed by atoms with E-state index in [4.69, 9.17) is 14.2 Å². The van der Waals surface area contributed by atoms with E-state index in [1.807, 2.05) is 42.5 Å². The van der Waals surface area contributed by atoms with Crippen LogP contribution in [-0.2, 0) is 25.1 Å². The van der Waals surface area contributed by atoms with Crippen molar-refractivity contribution in [3.05, 3.63) is 54.1 Å². The Labute approximate surface area is 240 Å². The van der Waals surface area contributed by atoms with E-state index in [-0.39, 0.29) is 46.9 Å². The lowest BCUT2D eigenvalue weighted by molar-refractivity contribution is -0.169. The SMILES string of the molecule is COC1C(OC(=O)Nc2cccc3ccccc23)CCC(O)(C[S+](C)C)C1C1(C)OC1CC=C(C)C.[I-]. The molecule has 4 rings (SSSR count). The number of carbonyl (C=O) groups excluding carboxylic acids is 1. The van der Waals surface area contributed by atoms with Gasteiger partial charge in [0.1, 0.15) is 29.2 Å². The number of hydrogen-bond acceptors (Lipinski definition) is 5.